The summed E-state index contributed by atoms with van der Waals surface area (Å²) in [6, 6.07) is 21.2. The third kappa shape index (κ3) is 4.85. The van der Waals surface area contributed by atoms with Crippen molar-refractivity contribution in [1.82, 2.24) is 15.2 Å². The van der Waals surface area contributed by atoms with Crippen LogP contribution >= 0.6 is 43.6 Å². The van der Waals surface area contributed by atoms with Crippen LogP contribution in [0.2, 0.25) is 0 Å². The maximum Gasteiger partial charge on any atom is 0.247 e. The summed E-state index contributed by atoms with van der Waals surface area (Å²) < 4.78 is 14.3. The maximum absolute atomic E-state index is 13.2. The minimum atomic E-state index is -0.879. The summed E-state index contributed by atoms with van der Waals surface area (Å²) in [5, 5.41) is 9.08. The van der Waals surface area contributed by atoms with Gasteiger partial charge in [0.25, 0.3) is 0 Å². The van der Waals surface area contributed by atoms with Crippen molar-refractivity contribution in [2.75, 3.05) is 11.2 Å². The average molecular weight is 628 g/mol. The third-order valence-corrected chi connectivity index (χ3v) is 7.15. The van der Waals surface area contributed by atoms with Crippen molar-refractivity contribution in [3.8, 4) is 22.9 Å². The van der Waals surface area contributed by atoms with Gasteiger partial charge < -0.3 is 9.47 Å². The van der Waals surface area contributed by atoms with E-state index in [1.54, 1.807) is 4.90 Å². The van der Waals surface area contributed by atoms with E-state index in [4.69, 9.17) is 9.47 Å². The first-order valence-corrected chi connectivity index (χ1v) is 13.8. The Kier molecular flexibility index (Phi) is 7.27. The summed E-state index contributed by atoms with van der Waals surface area (Å²) in [5.74, 6) is 0.649. The number of carbonyl (C=O) groups excluding carboxylic acids is 1. The van der Waals surface area contributed by atoms with Gasteiger partial charge in [-0.25, -0.2) is 0 Å². The molecule has 0 saturated heterocycles. The van der Waals surface area contributed by atoms with Gasteiger partial charge in [-0.15, -0.1) is 10.2 Å². The normalized spacial score (nSPS) is 14.3. The summed E-state index contributed by atoms with van der Waals surface area (Å²) >= 11 is 8.60. The molecule has 0 aliphatic carbocycles. The zero-order valence-corrected chi connectivity index (χ0v) is 23.3. The molecule has 0 bridgehead atoms. The Morgan fingerprint density at radius 1 is 1.08 bits per heavy atom. The lowest BCUT2D eigenvalue weighted by atomic mass is 10.1. The van der Waals surface area contributed by atoms with Crippen molar-refractivity contribution >= 4 is 55.2 Å². The number of benzene rings is 3. The second-order valence-corrected chi connectivity index (χ2v) is 10.5. The van der Waals surface area contributed by atoms with Gasteiger partial charge in [0.15, 0.2) is 5.69 Å². The molecular formula is C26H20Br2N4O3S. The van der Waals surface area contributed by atoms with Gasteiger partial charge >= 0.3 is 0 Å². The zero-order valence-electron chi connectivity index (χ0n) is 19.3. The summed E-state index contributed by atoms with van der Waals surface area (Å²) in [4.78, 5) is 19.3. The van der Waals surface area contributed by atoms with Gasteiger partial charge in [0, 0.05) is 17.0 Å². The number of amides is 1. The van der Waals surface area contributed by atoms with Gasteiger partial charge in [0.2, 0.25) is 23.2 Å². The molecule has 1 amide bonds. The van der Waals surface area contributed by atoms with Crippen LogP contribution < -0.4 is 14.4 Å². The zero-order chi connectivity index (χ0) is 25.2. The number of ether oxygens (including phenoxy) is 2. The van der Waals surface area contributed by atoms with Crippen LogP contribution in [0.1, 0.15) is 24.3 Å². The Bertz CT molecular complexity index is 1440. The maximum atomic E-state index is 13.2. The van der Waals surface area contributed by atoms with Crippen LogP contribution in [0, 0.1) is 0 Å². The molecule has 2 heterocycles. The first-order chi connectivity index (χ1) is 17.5. The number of halogens is 2. The summed E-state index contributed by atoms with van der Waals surface area (Å²) in [7, 11) is 0. The molecule has 0 spiro atoms. The fourth-order valence-corrected chi connectivity index (χ4v) is 5.66. The molecular weight excluding hydrogens is 608 g/mol. The van der Waals surface area contributed by atoms with E-state index >= 15 is 0 Å². The fourth-order valence-electron chi connectivity index (χ4n) is 3.99. The summed E-state index contributed by atoms with van der Waals surface area (Å²) in [5.41, 5.74) is 3.48. The number of hydrogen-bond acceptors (Lipinski definition) is 7. The predicted octanol–water partition coefficient (Wildman–Crippen LogP) is 6.81. The van der Waals surface area contributed by atoms with E-state index in [0.717, 1.165) is 14.5 Å². The second kappa shape index (κ2) is 10.6. The molecule has 10 heteroatoms. The van der Waals surface area contributed by atoms with Crippen molar-refractivity contribution in [2.45, 2.75) is 24.9 Å². The highest BCUT2D eigenvalue weighted by Crippen LogP contribution is 2.47. The van der Waals surface area contributed by atoms with E-state index < -0.39 is 6.23 Å². The number of aromatic nitrogens is 3. The van der Waals surface area contributed by atoms with Crippen molar-refractivity contribution in [2.24, 2.45) is 0 Å². The number of rotatable bonds is 5. The first kappa shape index (κ1) is 24.7. The molecule has 182 valence electrons. The molecule has 1 atom stereocenters. The van der Waals surface area contributed by atoms with Gasteiger partial charge in [0.1, 0.15) is 12.4 Å². The second-order valence-electron chi connectivity index (χ2n) is 7.91. The highest BCUT2D eigenvalue weighted by Gasteiger charge is 2.36. The van der Waals surface area contributed by atoms with Crippen LogP contribution in [0.25, 0.3) is 11.3 Å². The van der Waals surface area contributed by atoms with Crippen molar-refractivity contribution in [3.63, 3.8) is 0 Å². The predicted molar refractivity (Wildman–Crippen MR) is 146 cm³/mol. The molecule has 0 radical (unpaired) electrons. The minimum absolute atomic E-state index is 0.205. The minimum Gasteiger partial charge on any atom is -0.487 e. The molecule has 1 aromatic heterocycles. The van der Waals surface area contributed by atoms with E-state index in [2.05, 4.69) is 47.0 Å². The highest BCUT2D eigenvalue weighted by molar-refractivity contribution is 9.11. The number of anilines is 1. The number of fused-ring (bicyclic) bond motifs is 3. The molecule has 36 heavy (non-hydrogen) atoms. The van der Waals surface area contributed by atoms with Gasteiger partial charge in [-0.05, 0) is 45.9 Å². The van der Waals surface area contributed by atoms with Gasteiger partial charge in [-0.1, -0.05) is 76.2 Å². The summed E-state index contributed by atoms with van der Waals surface area (Å²) in [6.45, 7) is 1.85. The lowest BCUT2D eigenvalue weighted by molar-refractivity contribution is -0.118. The Morgan fingerprint density at radius 2 is 1.83 bits per heavy atom. The van der Waals surface area contributed by atoms with Gasteiger partial charge in [-0.3, -0.25) is 9.69 Å². The van der Waals surface area contributed by atoms with E-state index in [1.807, 2.05) is 73.0 Å². The standard InChI is InChI=1S/C26H20Br2N4O3S/c1-15(33)32-21-11-7-6-10-18(21)22-24(29-26(36-2)31-30-22)35-25(32)19-12-17(27)13-20(28)23(19)34-14-16-8-4-3-5-9-16/h3-13,25H,14H2,1-2H3/t25-/m1/s1. The molecule has 7 nitrogen and oxygen atoms in total. The van der Waals surface area contributed by atoms with Crippen LogP contribution in [0.5, 0.6) is 11.6 Å². The van der Waals surface area contributed by atoms with Gasteiger partial charge in [-0.2, -0.15) is 4.98 Å². The molecule has 0 N–H and O–H groups in total. The topological polar surface area (TPSA) is 77.4 Å². The van der Waals surface area contributed by atoms with Crippen molar-refractivity contribution in [1.29, 1.82) is 0 Å². The number of nitrogens with zero attached hydrogens (tertiary/aromatic N) is 4. The lowest BCUT2D eigenvalue weighted by Crippen LogP contribution is -2.36. The van der Waals surface area contributed by atoms with Crippen LogP contribution in [0.3, 0.4) is 0 Å². The van der Waals surface area contributed by atoms with Crippen LogP contribution in [-0.2, 0) is 11.4 Å². The molecule has 0 saturated carbocycles. The quantitative estimate of drug-likeness (QED) is 0.225. The fraction of sp³-hybridized carbons (Fsp3) is 0.154. The van der Waals surface area contributed by atoms with Crippen molar-refractivity contribution < 1.29 is 14.3 Å². The number of carbonyl (C=O) groups is 1. The number of thioether (sulfide) groups is 1. The molecule has 4 aromatic rings. The Hall–Kier alpha value is -2.95. The largest absolute Gasteiger partial charge is 0.487 e. The molecule has 0 unspecified atom stereocenters. The summed E-state index contributed by atoms with van der Waals surface area (Å²) in [6.07, 6.45) is 0.991. The molecule has 1 aliphatic rings. The van der Waals surface area contributed by atoms with Gasteiger partial charge in [0.05, 0.1) is 15.7 Å². The Labute approximate surface area is 229 Å². The lowest BCUT2D eigenvalue weighted by Gasteiger charge is -2.31. The highest BCUT2D eigenvalue weighted by atomic mass is 79.9. The molecule has 0 fully saturated rings. The van der Waals surface area contributed by atoms with Crippen LogP contribution in [0.15, 0.2) is 80.8 Å². The number of para-hydroxylation sites is 1. The van der Waals surface area contributed by atoms with Crippen LogP contribution in [-0.4, -0.2) is 27.3 Å². The Morgan fingerprint density at radius 3 is 2.58 bits per heavy atom. The van der Waals surface area contributed by atoms with E-state index in [0.29, 0.717) is 45.9 Å². The first-order valence-electron chi connectivity index (χ1n) is 11.0. The van der Waals surface area contributed by atoms with E-state index in [1.165, 1.54) is 18.7 Å². The average Bonchev–Trinajstić information content (AvgIpc) is 3.02. The molecule has 5 rings (SSSR count). The molecule has 3 aromatic carbocycles. The SMILES string of the molecule is CSc1nnc2c(n1)O[C@H](c1cc(Br)cc(Br)c1OCc1ccccc1)N(C(C)=O)c1ccccc1-2. The van der Waals surface area contributed by atoms with Crippen molar-refractivity contribution in [3.05, 3.63) is 86.8 Å². The Balaban J connectivity index is 1.69. The monoisotopic (exact) mass is 626 g/mol. The molecule has 1 aliphatic heterocycles. The third-order valence-electron chi connectivity index (χ3n) is 5.56. The van der Waals surface area contributed by atoms with E-state index in [9.17, 15) is 4.79 Å². The smallest absolute Gasteiger partial charge is 0.247 e. The van der Waals surface area contributed by atoms with Crippen LogP contribution in [0.4, 0.5) is 5.69 Å². The number of hydrogen-bond donors (Lipinski definition) is 0. The van der Waals surface area contributed by atoms with E-state index in [-0.39, 0.29) is 5.91 Å².